The van der Waals surface area contributed by atoms with Crippen molar-refractivity contribution >= 4 is 41.9 Å². The molecule has 0 saturated carbocycles. The maximum absolute atomic E-state index is 6.89. The van der Waals surface area contributed by atoms with Gasteiger partial charge in [0.25, 0.3) is 0 Å². The van der Waals surface area contributed by atoms with Crippen LogP contribution in [0.5, 0.6) is 0 Å². The number of rotatable bonds is 9. The van der Waals surface area contributed by atoms with Crippen molar-refractivity contribution in [2.75, 3.05) is 44.2 Å². The highest BCUT2D eigenvalue weighted by Gasteiger charge is 2.51. The zero-order chi connectivity index (χ0) is 26.6. The molecule has 0 N–H and O–H groups in total. The summed E-state index contributed by atoms with van der Waals surface area (Å²) >= 11 is 6.89. The second-order valence-electron chi connectivity index (χ2n) is 10.2. The molecule has 0 fully saturated rings. The van der Waals surface area contributed by atoms with Gasteiger partial charge in [0.05, 0.1) is 29.7 Å². The molecule has 1 atom stereocenters. The summed E-state index contributed by atoms with van der Waals surface area (Å²) in [6.07, 6.45) is 1.05. The summed E-state index contributed by atoms with van der Waals surface area (Å²) in [7, 11) is 6.41. The highest BCUT2D eigenvalue weighted by atomic mass is 32.1. The maximum atomic E-state index is 6.89. The van der Waals surface area contributed by atoms with E-state index in [9.17, 15) is 0 Å². The van der Waals surface area contributed by atoms with Crippen LogP contribution in [0.1, 0.15) is 25.0 Å². The van der Waals surface area contributed by atoms with Crippen molar-refractivity contribution in [3.8, 4) is 0 Å². The van der Waals surface area contributed by atoms with Crippen LogP contribution in [0.15, 0.2) is 109 Å². The van der Waals surface area contributed by atoms with Gasteiger partial charge in [-0.25, -0.2) is 0 Å². The van der Waals surface area contributed by atoms with Crippen LogP contribution < -0.4 is 20.4 Å². The van der Waals surface area contributed by atoms with Gasteiger partial charge in [-0.1, -0.05) is 76.5 Å². The van der Waals surface area contributed by atoms with Crippen molar-refractivity contribution < 1.29 is 0 Å². The van der Waals surface area contributed by atoms with Gasteiger partial charge in [0, 0.05) is 39.6 Å². The van der Waals surface area contributed by atoms with Gasteiger partial charge in [-0.2, -0.15) is 0 Å². The van der Waals surface area contributed by atoms with Gasteiger partial charge in [-0.05, 0) is 62.4 Å². The fourth-order valence-corrected chi connectivity index (χ4v) is 11.2. The Bertz CT molecular complexity index is 1180. The average Bonchev–Trinajstić information content (AvgIpc) is 2.94. The van der Waals surface area contributed by atoms with Crippen molar-refractivity contribution in [1.29, 1.82) is 0 Å². The third kappa shape index (κ3) is 5.05. The highest BCUT2D eigenvalue weighted by Crippen LogP contribution is 2.66. The minimum absolute atomic E-state index is 0.181. The van der Waals surface area contributed by atoms with Crippen LogP contribution in [0.2, 0.25) is 0 Å². The molecule has 37 heavy (non-hydrogen) atoms. The summed E-state index contributed by atoms with van der Waals surface area (Å²) in [6.45, 7) is 4.76. The third-order valence-corrected chi connectivity index (χ3v) is 14.0. The van der Waals surface area contributed by atoms with Crippen LogP contribution in [0.4, 0.5) is 11.4 Å². The Morgan fingerprint density at radius 1 is 0.622 bits per heavy atom. The van der Waals surface area contributed by atoms with Gasteiger partial charge >= 0.3 is 0 Å². The molecule has 0 spiro atoms. The molecule has 0 radical (unpaired) electrons. The van der Waals surface area contributed by atoms with Crippen molar-refractivity contribution in [3.05, 3.63) is 120 Å². The molecule has 4 aromatic carbocycles. The van der Waals surface area contributed by atoms with Crippen LogP contribution in [0, 0.1) is 0 Å². The molecule has 4 aromatic rings. The predicted octanol–water partition coefficient (Wildman–Crippen LogP) is 6.69. The van der Waals surface area contributed by atoms with E-state index < -0.39 is 12.0 Å². The monoisotopic (exact) mass is 526 g/mol. The Balaban J connectivity index is 1.99. The quantitative estimate of drug-likeness (QED) is 0.177. The van der Waals surface area contributed by atoms with Crippen molar-refractivity contribution in [3.63, 3.8) is 0 Å². The van der Waals surface area contributed by atoms with Crippen LogP contribution in [0.3, 0.4) is 0 Å². The van der Waals surface area contributed by atoms with Gasteiger partial charge in [-0.15, -0.1) is 0 Å². The van der Waals surface area contributed by atoms with E-state index in [1.54, 1.807) is 0 Å². The van der Waals surface area contributed by atoms with E-state index in [0.717, 1.165) is 6.16 Å². The Kier molecular flexibility index (Phi) is 8.36. The lowest BCUT2D eigenvalue weighted by Gasteiger charge is -2.51. The smallest absolute Gasteiger partial charge is 0.0994 e. The molecule has 192 valence electrons. The van der Waals surface area contributed by atoms with Crippen molar-refractivity contribution in [2.24, 2.45) is 0 Å². The van der Waals surface area contributed by atoms with E-state index in [-0.39, 0.29) is 5.66 Å². The number of benzene rings is 4. The highest BCUT2D eigenvalue weighted by molar-refractivity contribution is 7.90. The van der Waals surface area contributed by atoms with E-state index in [0.29, 0.717) is 0 Å². The predicted molar refractivity (Wildman–Crippen MR) is 169 cm³/mol. The molecule has 0 saturated heterocycles. The second-order valence-corrected chi connectivity index (χ2v) is 15.0. The zero-order valence-electron chi connectivity index (χ0n) is 22.9. The van der Waals surface area contributed by atoms with Crippen molar-refractivity contribution in [2.45, 2.75) is 24.3 Å². The van der Waals surface area contributed by atoms with E-state index in [1.807, 2.05) is 0 Å². The Morgan fingerprint density at radius 3 is 1.27 bits per heavy atom. The van der Waals surface area contributed by atoms with Gasteiger partial charge in [0.1, 0.15) is 0 Å². The maximum Gasteiger partial charge on any atom is 0.0994 e. The largest absolute Gasteiger partial charge is 0.773 e. The van der Waals surface area contributed by atoms with Gasteiger partial charge < -0.3 is 22.4 Å². The fraction of sp³-hybridized carbons (Fsp3) is 0.273. The Morgan fingerprint density at radius 2 is 0.973 bits per heavy atom. The van der Waals surface area contributed by atoms with Crippen molar-refractivity contribution in [1.82, 2.24) is 0 Å². The third-order valence-electron chi connectivity index (χ3n) is 7.81. The van der Waals surface area contributed by atoms with Crippen LogP contribution in [0.25, 0.3) is 0 Å². The first-order chi connectivity index (χ1) is 17.7. The van der Waals surface area contributed by atoms with Crippen LogP contribution in [-0.2, 0) is 17.4 Å². The summed E-state index contributed by atoms with van der Waals surface area (Å²) in [6, 6.07) is 40.0. The van der Waals surface area contributed by atoms with Gasteiger partial charge in [0.2, 0.25) is 0 Å². The average molecular weight is 527 g/mol. The topological polar surface area (TPSA) is 6.48 Å². The molecule has 0 aromatic heterocycles. The first-order valence-corrected chi connectivity index (χ1v) is 15.5. The van der Waals surface area contributed by atoms with E-state index >= 15 is 0 Å². The molecule has 2 nitrogen and oxygen atoms in total. The molecular weight excluding hydrogens is 487 g/mol. The lowest BCUT2D eigenvalue weighted by atomic mass is 9.87. The van der Waals surface area contributed by atoms with Crippen LogP contribution in [-0.4, -0.2) is 40.0 Å². The van der Waals surface area contributed by atoms with Gasteiger partial charge in [-0.3, -0.25) is 0 Å². The first-order valence-electron chi connectivity index (χ1n) is 13.0. The molecule has 0 unspecified atom stereocenters. The molecule has 0 aliphatic rings. The summed E-state index contributed by atoms with van der Waals surface area (Å²) < 4.78 is -0.606. The molecule has 4 rings (SSSR count). The SMILES string of the molecule is CC[P+](c1ccccc1)(c1ccccc1)[C@H](C)C([S-])(c1ccc(N(C)C)cc1)c1ccc(N(C)C)cc1. The Hall–Kier alpha value is -2.74. The normalized spacial score (nSPS) is 12.7. The molecule has 4 heteroatoms. The van der Waals surface area contributed by atoms with Gasteiger partial charge in [0.15, 0.2) is 0 Å². The molecule has 0 heterocycles. The number of hydrogen-bond donors (Lipinski definition) is 0. The summed E-state index contributed by atoms with van der Waals surface area (Å²) in [5, 5.41) is 2.83. The zero-order valence-corrected chi connectivity index (χ0v) is 24.6. The minimum Gasteiger partial charge on any atom is -0.773 e. The lowest BCUT2D eigenvalue weighted by molar-refractivity contribution is 0.720. The van der Waals surface area contributed by atoms with E-state index in [2.05, 4.69) is 161 Å². The fourth-order valence-electron chi connectivity index (χ4n) is 5.60. The number of hydrogen-bond acceptors (Lipinski definition) is 3. The second kappa shape index (κ2) is 11.3. The first kappa shape index (κ1) is 27.3. The van der Waals surface area contributed by atoms with E-state index in [4.69, 9.17) is 12.6 Å². The minimum atomic E-state index is -1.91. The summed E-state index contributed by atoms with van der Waals surface area (Å²) in [5.74, 6) is 0. The summed E-state index contributed by atoms with van der Waals surface area (Å²) in [4.78, 5) is 4.28. The lowest BCUT2D eigenvalue weighted by Crippen LogP contribution is -2.45. The molecular formula is C33H39N2PS. The summed E-state index contributed by atoms with van der Waals surface area (Å²) in [5.41, 5.74) is 4.91. The number of nitrogens with zero attached hydrogens (tertiary/aromatic N) is 2. The Labute approximate surface area is 230 Å². The molecule has 0 bridgehead atoms. The molecule has 0 amide bonds. The van der Waals surface area contributed by atoms with Crippen LogP contribution >= 0.6 is 7.26 Å². The standard InChI is InChI=1S/C33H39N2PS/c1-7-36(31-14-10-8-11-15-31,32-16-12-9-13-17-32)26(2)33(37,27-18-22-29(23-19-27)34(3)4)28-20-24-30(25-21-28)35(5)6/h8-26H,7H2,1-6H3/t26-/m1/s1. The molecule has 0 aliphatic carbocycles. The molecule has 0 aliphatic heterocycles. The number of anilines is 2. The van der Waals surface area contributed by atoms with E-state index in [1.165, 1.54) is 33.1 Å².